The van der Waals surface area contributed by atoms with E-state index < -0.39 is 24.5 Å². The van der Waals surface area contributed by atoms with E-state index in [0.29, 0.717) is 17.2 Å². The summed E-state index contributed by atoms with van der Waals surface area (Å²) in [6.45, 7) is 4.66. The Bertz CT molecular complexity index is 463. The first-order chi connectivity index (χ1) is 9.76. The number of alkyl halides is 2. The van der Waals surface area contributed by atoms with Gasteiger partial charge in [0.1, 0.15) is 5.75 Å². The van der Waals surface area contributed by atoms with Gasteiger partial charge in [0, 0.05) is 11.6 Å². The Morgan fingerprint density at radius 2 is 1.90 bits per heavy atom. The predicted molar refractivity (Wildman–Crippen MR) is 79.0 cm³/mol. The monoisotopic (exact) mass is 319 g/mol. The summed E-state index contributed by atoms with van der Waals surface area (Å²) in [5.74, 6) is 0.00541. The van der Waals surface area contributed by atoms with Gasteiger partial charge in [-0.25, -0.2) is 8.78 Å². The number of amides is 1. The first-order valence-electron chi connectivity index (χ1n) is 6.78. The van der Waals surface area contributed by atoms with Crippen LogP contribution in [-0.4, -0.2) is 35.9 Å². The molecule has 6 heteroatoms. The lowest BCUT2D eigenvalue weighted by molar-refractivity contribution is -0.147. The Morgan fingerprint density at radius 3 is 2.38 bits per heavy atom. The van der Waals surface area contributed by atoms with Crippen molar-refractivity contribution in [2.24, 2.45) is 0 Å². The van der Waals surface area contributed by atoms with Crippen LogP contribution >= 0.6 is 11.6 Å². The summed E-state index contributed by atoms with van der Waals surface area (Å²) in [5.41, 5.74) is -1.22. The number of benzene rings is 1. The van der Waals surface area contributed by atoms with Gasteiger partial charge in [-0.2, -0.15) is 0 Å². The molecule has 0 spiro atoms. The maximum Gasteiger partial charge on any atom is 0.266 e. The van der Waals surface area contributed by atoms with E-state index in [2.05, 4.69) is 0 Å². The van der Waals surface area contributed by atoms with Crippen LogP contribution in [0.4, 0.5) is 8.78 Å². The van der Waals surface area contributed by atoms with E-state index in [1.165, 1.54) is 0 Å². The van der Waals surface area contributed by atoms with Crippen LogP contribution in [0.25, 0.3) is 0 Å². The van der Waals surface area contributed by atoms with Crippen LogP contribution in [0.3, 0.4) is 0 Å². The molecule has 1 aromatic rings. The zero-order valence-corrected chi connectivity index (χ0v) is 13.2. The molecule has 3 nitrogen and oxygen atoms in total. The van der Waals surface area contributed by atoms with Crippen LogP contribution in [-0.2, 0) is 4.79 Å². The Morgan fingerprint density at radius 1 is 1.33 bits per heavy atom. The molecular weight excluding hydrogens is 300 g/mol. The first-order valence-corrected chi connectivity index (χ1v) is 7.16. The number of nitrogens with zero attached hydrogens (tertiary/aromatic N) is 1. The van der Waals surface area contributed by atoms with E-state index >= 15 is 0 Å². The highest BCUT2D eigenvalue weighted by molar-refractivity contribution is 6.30. The maximum absolute atomic E-state index is 12.6. The minimum absolute atomic E-state index is 0.274. The van der Waals surface area contributed by atoms with Crippen molar-refractivity contribution in [1.82, 2.24) is 4.90 Å². The molecule has 118 valence electrons. The lowest BCUT2D eigenvalue weighted by Gasteiger charge is -2.32. The van der Waals surface area contributed by atoms with E-state index in [4.69, 9.17) is 16.3 Å². The van der Waals surface area contributed by atoms with Crippen molar-refractivity contribution in [2.45, 2.75) is 39.2 Å². The Balaban J connectivity index is 2.82. The number of hydrogen-bond acceptors (Lipinski definition) is 2. The van der Waals surface area contributed by atoms with E-state index in [0.717, 1.165) is 4.90 Å². The molecule has 0 N–H and O–H groups in total. The molecule has 0 aliphatic rings. The average molecular weight is 320 g/mol. The van der Waals surface area contributed by atoms with Gasteiger partial charge in [0.05, 0.1) is 6.54 Å². The Hall–Kier alpha value is -1.36. The van der Waals surface area contributed by atoms with Crippen molar-refractivity contribution in [3.8, 4) is 5.75 Å². The second-order valence-corrected chi connectivity index (χ2v) is 5.64. The highest BCUT2D eigenvalue weighted by Gasteiger charge is 2.35. The quantitative estimate of drug-likeness (QED) is 0.760. The van der Waals surface area contributed by atoms with Gasteiger partial charge >= 0.3 is 0 Å². The molecule has 1 rings (SSSR count). The molecule has 0 unspecified atom stereocenters. The maximum atomic E-state index is 12.6. The van der Waals surface area contributed by atoms with E-state index in [1.54, 1.807) is 38.1 Å². The molecular formula is C15H20ClF2NO2. The number of ether oxygens (including phenoxy) is 1. The highest BCUT2D eigenvalue weighted by atomic mass is 35.5. The summed E-state index contributed by atoms with van der Waals surface area (Å²) >= 11 is 5.78. The molecule has 0 fully saturated rings. The fourth-order valence-corrected chi connectivity index (χ4v) is 2.06. The Kier molecular flexibility index (Phi) is 6.40. The van der Waals surface area contributed by atoms with Gasteiger partial charge in [0.15, 0.2) is 5.60 Å². The van der Waals surface area contributed by atoms with Crippen molar-refractivity contribution in [2.75, 3.05) is 13.1 Å². The summed E-state index contributed by atoms with van der Waals surface area (Å²) in [7, 11) is 0. The zero-order valence-electron chi connectivity index (χ0n) is 12.4. The summed E-state index contributed by atoms with van der Waals surface area (Å²) in [6.07, 6.45) is -1.96. The molecule has 21 heavy (non-hydrogen) atoms. The molecule has 1 amide bonds. The van der Waals surface area contributed by atoms with Crippen molar-refractivity contribution >= 4 is 17.5 Å². The molecule has 0 saturated heterocycles. The van der Waals surface area contributed by atoms with Gasteiger partial charge < -0.3 is 9.64 Å². The van der Waals surface area contributed by atoms with Crippen LogP contribution in [0, 0.1) is 0 Å². The van der Waals surface area contributed by atoms with Crippen molar-refractivity contribution in [1.29, 1.82) is 0 Å². The third-order valence-electron chi connectivity index (χ3n) is 2.84. The first kappa shape index (κ1) is 17.7. The number of carbonyl (C=O) groups is 1. The van der Waals surface area contributed by atoms with Crippen molar-refractivity contribution in [3.05, 3.63) is 29.3 Å². The van der Waals surface area contributed by atoms with Gasteiger partial charge in [-0.15, -0.1) is 0 Å². The third-order valence-corrected chi connectivity index (χ3v) is 3.09. The zero-order chi connectivity index (χ0) is 16.0. The standard InChI is InChI=1S/C15H20ClF2NO2/c1-4-9-19(10-13(17)18)14(20)15(2,3)21-12-7-5-11(16)6-8-12/h5-8,13H,4,9-10H2,1-3H3. The molecule has 0 heterocycles. The molecule has 0 bridgehead atoms. The van der Waals surface area contributed by atoms with Crippen LogP contribution in [0.2, 0.25) is 5.02 Å². The van der Waals surface area contributed by atoms with Gasteiger partial charge in [-0.3, -0.25) is 4.79 Å². The minimum Gasteiger partial charge on any atom is -0.478 e. The number of rotatable bonds is 7. The minimum atomic E-state index is -2.56. The Labute approximate surface area is 128 Å². The molecule has 0 aromatic heterocycles. The second-order valence-electron chi connectivity index (χ2n) is 5.21. The fourth-order valence-electron chi connectivity index (χ4n) is 1.93. The SMILES string of the molecule is CCCN(CC(F)F)C(=O)C(C)(C)Oc1ccc(Cl)cc1. The molecule has 0 radical (unpaired) electrons. The normalized spacial score (nSPS) is 11.6. The second kappa shape index (κ2) is 7.59. The molecule has 1 aromatic carbocycles. The predicted octanol–water partition coefficient (Wildman–Crippen LogP) is 4.00. The largest absolute Gasteiger partial charge is 0.478 e. The molecule has 0 aliphatic heterocycles. The summed E-state index contributed by atoms with van der Waals surface area (Å²) in [6, 6.07) is 6.55. The smallest absolute Gasteiger partial charge is 0.266 e. The average Bonchev–Trinajstić information content (AvgIpc) is 2.39. The molecule has 0 saturated carbocycles. The molecule has 0 aliphatic carbocycles. The summed E-state index contributed by atoms with van der Waals surface area (Å²) in [4.78, 5) is 13.5. The van der Waals surface area contributed by atoms with Crippen LogP contribution < -0.4 is 4.74 Å². The van der Waals surface area contributed by atoms with E-state index in [9.17, 15) is 13.6 Å². The van der Waals surface area contributed by atoms with Crippen LogP contribution in [0.1, 0.15) is 27.2 Å². The third kappa shape index (κ3) is 5.50. The van der Waals surface area contributed by atoms with Crippen molar-refractivity contribution < 1.29 is 18.3 Å². The molecule has 0 atom stereocenters. The van der Waals surface area contributed by atoms with E-state index in [-0.39, 0.29) is 6.54 Å². The van der Waals surface area contributed by atoms with Gasteiger partial charge in [0.2, 0.25) is 0 Å². The summed E-state index contributed by atoms with van der Waals surface area (Å²) < 4.78 is 30.8. The van der Waals surface area contributed by atoms with Gasteiger partial charge in [-0.05, 0) is 44.5 Å². The van der Waals surface area contributed by atoms with Crippen molar-refractivity contribution in [3.63, 3.8) is 0 Å². The van der Waals surface area contributed by atoms with Gasteiger partial charge in [0.25, 0.3) is 12.3 Å². The topological polar surface area (TPSA) is 29.5 Å². The highest BCUT2D eigenvalue weighted by Crippen LogP contribution is 2.22. The lowest BCUT2D eigenvalue weighted by Crippen LogP contribution is -2.50. The number of halogens is 3. The van der Waals surface area contributed by atoms with E-state index in [1.807, 2.05) is 6.92 Å². The van der Waals surface area contributed by atoms with Crippen LogP contribution in [0.5, 0.6) is 5.75 Å². The number of hydrogen-bond donors (Lipinski definition) is 0. The fraction of sp³-hybridized carbons (Fsp3) is 0.533. The van der Waals surface area contributed by atoms with Gasteiger partial charge in [-0.1, -0.05) is 18.5 Å². The lowest BCUT2D eigenvalue weighted by atomic mass is 10.1. The van der Waals surface area contributed by atoms with Crippen LogP contribution in [0.15, 0.2) is 24.3 Å². The number of carbonyl (C=O) groups excluding carboxylic acids is 1. The summed E-state index contributed by atoms with van der Waals surface area (Å²) in [5, 5.41) is 0.553.